The van der Waals surface area contributed by atoms with Gasteiger partial charge in [-0.05, 0) is 60.0 Å². The Labute approximate surface area is 180 Å². The van der Waals surface area contributed by atoms with Crippen molar-refractivity contribution >= 4 is 28.2 Å². The number of fused-ring (bicyclic) bond motifs is 3. The van der Waals surface area contributed by atoms with Gasteiger partial charge in [-0.2, -0.15) is 4.98 Å². The Morgan fingerprint density at radius 3 is 2.23 bits per heavy atom. The van der Waals surface area contributed by atoms with E-state index in [2.05, 4.69) is 15.6 Å². The summed E-state index contributed by atoms with van der Waals surface area (Å²) in [6.07, 6.45) is 2.87. The quantitative estimate of drug-likeness (QED) is 0.480. The Hall–Kier alpha value is -2.84. The third-order valence-electron chi connectivity index (χ3n) is 6.15. The number of aromatic nitrogens is 2. The molecule has 1 aliphatic heterocycles. The first kappa shape index (κ1) is 21.4. The highest BCUT2D eigenvalue weighted by molar-refractivity contribution is 5.85. The zero-order valence-corrected chi connectivity index (χ0v) is 17.4. The van der Waals surface area contributed by atoms with Crippen LogP contribution < -0.4 is 10.0 Å². The summed E-state index contributed by atoms with van der Waals surface area (Å²) in [6, 6.07) is 15.5. The van der Waals surface area contributed by atoms with Crippen LogP contribution >= 0.6 is 0 Å². The van der Waals surface area contributed by atoms with Crippen LogP contribution in [0.5, 0.6) is 0 Å². The van der Waals surface area contributed by atoms with Gasteiger partial charge in [0.1, 0.15) is 31.1 Å². The molecule has 4 rings (SSSR count). The van der Waals surface area contributed by atoms with Crippen molar-refractivity contribution < 1.29 is 15.3 Å². The second-order valence-corrected chi connectivity index (χ2v) is 7.91. The first-order chi connectivity index (χ1) is 15.1. The zero-order chi connectivity index (χ0) is 21.8. The highest BCUT2D eigenvalue weighted by Gasteiger charge is 2.29. The number of aliphatic hydroxyl groups excluding tert-OH is 3. The molecule has 0 atom stereocenters. The second kappa shape index (κ2) is 9.11. The number of nitrogens with zero attached hydrogens (tertiary/aromatic N) is 3. The molecule has 7 heteroatoms. The average molecular weight is 423 g/mol. The van der Waals surface area contributed by atoms with Crippen LogP contribution in [0.15, 0.2) is 53.3 Å². The summed E-state index contributed by atoms with van der Waals surface area (Å²) in [5.74, 6) is 0.721. The molecule has 0 spiro atoms. The topological polar surface area (TPSA) is 95.6 Å². The van der Waals surface area contributed by atoms with Gasteiger partial charge in [-0.1, -0.05) is 12.1 Å². The molecule has 0 saturated carbocycles. The van der Waals surface area contributed by atoms with Crippen LogP contribution in [0.3, 0.4) is 0 Å². The van der Waals surface area contributed by atoms with Gasteiger partial charge in [0.15, 0.2) is 0 Å². The fourth-order valence-electron chi connectivity index (χ4n) is 4.56. The summed E-state index contributed by atoms with van der Waals surface area (Å²) in [7, 11) is 0. The van der Waals surface area contributed by atoms with Crippen LogP contribution in [0.25, 0.3) is 22.6 Å². The van der Waals surface area contributed by atoms with Crippen LogP contribution in [-0.2, 0) is 6.54 Å². The lowest BCUT2D eigenvalue weighted by molar-refractivity contribution is 0.138. The van der Waals surface area contributed by atoms with Gasteiger partial charge in [-0.25, -0.2) is 0 Å². The summed E-state index contributed by atoms with van der Waals surface area (Å²) in [5.41, 5.74) is 3.66. The monoisotopic (exact) mass is 422 g/mol. The number of allylic oxidation sites excluding steroid dienone is 1. The first-order valence-electron chi connectivity index (χ1n) is 10.6. The summed E-state index contributed by atoms with van der Waals surface area (Å²) in [5, 5.41) is 29.2. The number of quaternary nitrogens is 1. The Balaban J connectivity index is 1.68. The standard InChI is InChI=1S/C24H28N3O4/c28-14-11-27(12-15-29,13-16-30)20-7-5-18(6-8-20)17-19-9-10-26-22-4-2-1-3-21(22)24(31)25-23(19)26/h1-8,17,28-30H,9-16H2/q+1/b19-17+. The molecule has 0 bridgehead atoms. The maximum atomic E-state index is 12.5. The lowest BCUT2D eigenvalue weighted by atomic mass is 10.1. The van der Waals surface area contributed by atoms with Gasteiger partial charge in [0.05, 0.1) is 30.7 Å². The number of hydrogen-bond acceptors (Lipinski definition) is 5. The highest BCUT2D eigenvalue weighted by atomic mass is 16.3. The van der Waals surface area contributed by atoms with E-state index in [0.717, 1.165) is 41.1 Å². The molecule has 0 amide bonds. The molecule has 0 saturated heterocycles. The van der Waals surface area contributed by atoms with Gasteiger partial charge in [-0.3, -0.25) is 9.28 Å². The van der Waals surface area contributed by atoms with Crippen molar-refractivity contribution in [3.05, 3.63) is 70.3 Å². The SMILES string of the molecule is O=c1nc2n(c3ccccc13)CC/C2=C\c1ccc([N+](CCO)(CCO)CCO)cc1. The Kier molecular flexibility index (Phi) is 6.29. The van der Waals surface area contributed by atoms with Gasteiger partial charge >= 0.3 is 0 Å². The Morgan fingerprint density at radius 1 is 0.935 bits per heavy atom. The van der Waals surface area contributed by atoms with E-state index in [1.807, 2.05) is 48.5 Å². The molecule has 0 aliphatic carbocycles. The first-order valence-corrected chi connectivity index (χ1v) is 10.6. The zero-order valence-electron chi connectivity index (χ0n) is 17.4. The van der Waals surface area contributed by atoms with E-state index >= 15 is 0 Å². The molecule has 2 heterocycles. The van der Waals surface area contributed by atoms with Crippen LogP contribution in [0, 0.1) is 0 Å². The molecule has 3 N–H and O–H groups in total. The van der Waals surface area contributed by atoms with Gasteiger partial charge in [0.25, 0.3) is 5.56 Å². The fourth-order valence-corrected chi connectivity index (χ4v) is 4.56. The van der Waals surface area contributed by atoms with E-state index in [-0.39, 0.29) is 25.4 Å². The number of aryl methyl sites for hydroxylation is 1. The van der Waals surface area contributed by atoms with E-state index < -0.39 is 0 Å². The molecular formula is C24H28N3O4+. The smallest absolute Gasteiger partial charge is 0.281 e. The third-order valence-corrected chi connectivity index (χ3v) is 6.15. The predicted octanol–water partition coefficient (Wildman–Crippen LogP) is 1.62. The number of para-hydroxylation sites is 1. The van der Waals surface area contributed by atoms with E-state index in [4.69, 9.17) is 0 Å². The molecule has 0 radical (unpaired) electrons. The summed E-state index contributed by atoms with van der Waals surface area (Å²) < 4.78 is 2.43. The molecule has 31 heavy (non-hydrogen) atoms. The van der Waals surface area contributed by atoms with Crippen molar-refractivity contribution in [1.29, 1.82) is 0 Å². The number of benzene rings is 2. The molecule has 1 aromatic heterocycles. The molecule has 7 nitrogen and oxygen atoms in total. The van der Waals surface area contributed by atoms with E-state index in [9.17, 15) is 20.1 Å². The van der Waals surface area contributed by atoms with Crippen LogP contribution in [0.4, 0.5) is 5.69 Å². The molecule has 162 valence electrons. The van der Waals surface area contributed by atoms with Crippen LogP contribution in [0.1, 0.15) is 17.8 Å². The van der Waals surface area contributed by atoms with E-state index in [1.165, 1.54) is 0 Å². The second-order valence-electron chi connectivity index (χ2n) is 7.91. The van der Waals surface area contributed by atoms with Crippen LogP contribution in [0.2, 0.25) is 0 Å². The van der Waals surface area contributed by atoms with E-state index in [0.29, 0.717) is 29.5 Å². The minimum atomic E-state index is -0.205. The van der Waals surface area contributed by atoms with Crippen molar-refractivity contribution in [2.45, 2.75) is 13.0 Å². The van der Waals surface area contributed by atoms with Gasteiger partial charge < -0.3 is 19.9 Å². The fraction of sp³-hybridized carbons (Fsp3) is 0.333. The largest absolute Gasteiger partial charge is 0.390 e. The third kappa shape index (κ3) is 4.05. The van der Waals surface area contributed by atoms with Gasteiger partial charge in [0, 0.05) is 6.54 Å². The van der Waals surface area contributed by atoms with Crippen molar-refractivity contribution in [1.82, 2.24) is 14.0 Å². The van der Waals surface area contributed by atoms with Crippen molar-refractivity contribution in [3.63, 3.8) is 0 Å². The number of rotatable bonds is 8. The molecule has 2 aromatic carbocycles. The lowest BCUT2D eigenvalue weighted by Gasteiger charge is -2.36. The summed E-state index contributed by atoms with van der Waals surface area (Å²) in [4.78, 5) is 16.8. The molecule has 0 fully saturated rings. The maximum Gasteiger partial charge on any atom is 0.281 e. The van der Waals surface area contributed by atoms with Gasteiger partial charge in [0.2, 0.25) is 0 Å². The summed E-state index contributed by atoms with van der Waals surface area (Å²) in [6.45, 7) is 1.97. The number of aliphatic hydroxyl groups is 3. The van der Waals surface area contributed by atoms with Crippen molar-refractivity contribution in [2.24, 2.45) is 0 Å². The Morgan fingerprint density at radius 2 is 1.58 bits per heavy atom. The van der Waals surface area contributed by atoms with Crippen molar-refractivity contribution in [3.8, 4) is 0 Å². The normalized spacial score (nSPS) is 15.0. The molecule has 1 aliphatic rings. The van der Waals surface area contributed by atoms with Gasteiger partial charge in [-0.15, -0.1) is 0 Å². The predicted molar refractivity (Wildman–Crippen MR) is 123 cm³/mol. The molecule has 3 aromatic rings. The Bertz CT molecular complexity index is 1130. The minimum absolute atomic E-state index is 0.0308. The van der Waals surface area contributed by atoms with E-state index in [1.54, 1.807) is 0 Å². The molecular weight excluding hydrogens is 394 g/mol. The number of hydrogen-bond donors (Lipinski definition) is 3. The van der Waals surface area contributed by atoms with Crippen molar-refractivity contribution in [2.75, 3.05) is 39.5 Å². The average Bonchev–Trinajstić information content (AvgIpc) is 3.17. The summed E-state index contributed by atoms with van der Waals surface area (Å²) >= 11 is 0. The minimum Gasteiger partial charge on any atom is -0.390 e. The highest BCUT2D eigenvalue weighted by Crippen LogP contribution is 2.30. The van der Waals surface area contributed by atoms with Crippen LogP contribution in [-0.4, -0.2) is 64.3 Å². The lowest BCUT2D eigenvalue weighted by Crippen LogP contribution is -2.54. The maximum absolute atomic E-state index is 12.5. The molecule has 0 unspecified atom stereocenters.